The van der Waals surface area contributed by atoms with Crippen molar-refractivity contribution >= 4 is 11.2 Å². The van der Waals surface area contributed by atoms with Gasteiger partial charge in [-0.25, -0.2) is 9.78 Å². The lowest BCUT2D eigenvalue weighted by atomic mass is 10.3. The van der Waals surface area contributed by atoms with Crippen LogP contribution in [0.2, 0.25) is 0 Å². The second-order valence-corrected chi connectivity index (χ2v) is 5.72. The van der Waals surface area contributed by atoms with Gasteiger partial charge in [-0.2, -0.15) is 0 Å². The molecule has 0 saturated heterocycles. The minimum absolute atomic E-state index is 0.203. The molecule has 1 atom stereocenters. The van der Waals surface area contributed by atoms with Gasteiger partial charge in [0.05, 0.1) is 19.0 Å². The van der Waals surface area contributed by atoms with Gasteiger partial charge in [0.25, 0.3) is 5.56 Å². The maximum atomic E-state index is 12.4. The average molecular weight is 333 g/mol. The normalized spacial score (nSPS) is 12.7. The number of imidazole rings is 1. The highest BCUT2D eigenvalue weighted by atomic mass is 16.3. The second kappa shape index (κ2) is 7.41. The third-order valence-electron chi connectivity index (χ3n) is 3.87. The van der Waals surface area contributed by atoms with E-state index in [4.69, 9.17) is 0 Å². The smallest absolute Gasteiger partial charge is 0.332 e. The molecule has 0 aliphatic carbocycles. The molecule has 0 bridgehead atoms. The molecule has 0 aliphatic rings. The maximum Gasteiger partial charge on any atom is 0.332 e. The first kappa shape index (κ1) is 17.9. The number of rotatable bonds is 8. The second-order valence-electron chi connectivity index (χ2n) is 5.72. The highest BCUT2D eigenvalue weighted by molar-refractivity contribution is 5.69. The first-order valence-electron chi connectivity index (χ1n) is 7.63. The molecular weight excluding hydrogens is 310 g/mol. The van der Waals surface area contributed by atoms with E-state index in [0.717, 1.165) is 4.57 Å². The van der Waals surface area contributed by atoms with Gasteiger partial charge in [0.2, 0.25) is 0 Å². The monoisotopic (exact) mass is 333 g/mol. The summed E-state index contributed by atoms with van der Waals surface area (Å²) in [4.78, 5) is 30.4. The van der Waals surface area contributed by atoms with E-state index in [1.165, 1.54) is 17.9 Å². The Kier molecular flexibility index (Phi) is 5.53. The zero-order valence-corrected chi connectivity index (χ0v) is 14.1. The summed E-state index contributed by atoms with van der Waals surface area (Å²) in [5.74, 6) is 0. The number of aliphatic hydroxyl groups is 1. The molecule has 0 aromatic carbocycles. The molecule has 24 heavy (non-hydrogen) atoms. The van der Waals surface area contributed by atoms with E-state index in [1.807, 2.05) is 4.90 Å². The fraction of sp³-hybridized carbons (Fsp3) is 0.438. The standard InChI is InChI=1S/C16H23N5O3/c1-5-7-20(8-6-2)9-12(22)10-21-11-17-14-13(21)15(23)19(4)16(24)18(14)3/h5-6,11-12,22H,1-2,7-10H2,3-4H3/t12-/m1/s1. The molecule has 0 fully saturated rings. The van der Waals surface area contributed by atoms with Crippen LogP contribution in [0, 0.1) is 0 Å². The molecule has 0 aliphatic heterocycles. The van der Waals surface area contributed by atoms with Crippen molar-refractivity contribution < 1.29 is 5.11 Å². The van der Waals surface area contributed by atoms with Gasteiger partial charge in [-0.1, -0.05) is 12.2 Å². The minimum atomic E-state index is -0.704. The molecule has 1 N–H and O–H groups in total. The van der Waals surface area contributed by atoms with Crippen LogP contribution >= 0.6 is 0 Å². The van der Waals surface area contributed by atoms with Crippen molar-refractivity contribution in [2.75, 3.05) is 19.6 Å². The Hall–Kier alpha value is -2.45. The van der Waals surface area contributed by atoms with Crippen molar-refractivity contribution in [2.45, 2.75) is 12.6 Å². The summed E-state index contributed by atoms with van der Waals surface area (Å²) in [6, 6.07) is 0. The Morgan fingerprint density at radius 2 is 1.88 bits per heavy atom. The summed E-state index contributed by atoms with van der Waals surface area (Å²) in [5, 5.41) is 10.4. The molecule has 8 heteroatoms. The van der Waals surface area contributed by atoms with E-state index >= 15 is 0 Å². The first-order valence-corrected chi connectivity index (χ1v) is 7.63. The highest BCUT2D eigenvalue weighted by Gasteiger charge is 2.17. The maximum absolute atomic E-state index is 12.4. The van der Waals surface area contributed by atoms with Crippen LogP contribution in [0.4, 0.5) is 0 Å². The molecule has 0 radical (unpaired) electrons. The van der Waals surface area contributed by atoms with Crippen LogP contribution in [0.3, 0.4) is 0 Å². The number of hydrogen-bond acceptors (Lipinski definition) is 5. The van der Waals surface area contributed by atoms with Crippen molar-refractivity contribution in [3.8, 4) is 0 Å². The third-order valence-corrected chi connectivity index (χ3v) is 3.87. The molecule has 0 spiro atoms. The van der Waals surface area contributed by atoms with Gasteiger partial charge in [0.15, 0.2) is 11.2 Å². The molecule has 130 valence electrons. The number of fused-ring (bicyclic) bond motifs is 1. The van der Waals surface area contributed by atoms with Gasteiger partial charge < -0.3 is 9.67 Å². The number of nitrogens with zero attached hydrogens (tertiary/aromatic N) is 5. The van der Waals surface area contributed by atoms with Gasteiger partial charge >= 0.3 is 5.69 Å². The van der Waals surface area contributed by atoms with Gasteiger partial charge in [-0.05, 0) is 0 Å². The zero-order valence-electron chi connectivity index (χ0n) is 14.1. The van der Waals surface area contributed by atoms with Crippen LogP contribution in [-0.2, 0) is 20.6 Å². The Morgan fingerprint density at radius 3 is 2.46 bits per heavy atom. The van der Waals surface area contributed by atoms with Crippen molar-refractivity contribution in [3.63, 3.8) is 0 Å². The van der Waals surface area contributed by atoms with E-state index in [2.05, 4.69) is 18.1 Å². The fourth-order valence-corrected chi connectivity index (χ4v) is 2.71. The Bertz CT molecular complexity index is 851. The molecular formula is C16H23N5O3. The van der Waals surface area contributed by atoms with Crippen LogP contribution in [0.15, 0.2) is 41.2 Å². The summed E-state index contributed by atoms with van der Waals surface area (Å²) in [6.07, 6.45) is 4.28. The van der Waals surface area contributed by atoms with E-state index in [0.29, 0.717) is 30.8 Å². The molecule has 2 aromatic heterocycles. The molecule has 0 unspecified atom stereocenters. The van der Waals surface area contributed by atoms with Crippen LogP contribution < -0.4 is 11.2 Å². The molecule has 8 nitrogen and oxygen atoms in total. The predicted octanol–water partition coefficient (Wildman–Crippen LogP) is -0.531. The number of hydrogen-bond donors (Lipinski definition) is 1. The van der Waals surface area contributed by atoms with Crippen LogP contribution in [0.5, 0.6) is 0 Å². The predicted molar refractivity (Wildman–Crippen MR) is 93.1 cm³/mol. The van der Waals surface area contributed by atoms with Gasteiger partial charge in [0.1, 0.15) is 0 Å². The minimum Gasteiger partial charge on any atom is -0.390 e. The fourth-order valence-electron chi connectivity index (χ4n) is 2.71. The summed E-state index contributed by atoms with van der Waals surface area (Å²) in [6.45, 7) is 9.26. The molecule has 2 heterocycles. The van der Waals surface area contributed by atoms with Gasteiger partial charge in [0, 0.05) is 33.7 Å². The summed E-state index contributed by atoms with van der Waals surface area (Å²) in [5.41, 5.74) is -0.241. The van der Waals surface area contributed by atoms with Crippen LogP contribution in [-0.4, -0.2) is 54.4 Å². The van der Waals surface area contributed by atoms with Crippen LogP contribution in [0.25, 0.3) is 11.2 Å². The van der Waals surface area contributed by atoms with Crippen LogP contribution in [0.1, 0.15) is 0 Å². The quantitative estimate of drug-likeness (QED) is 0.657. The van der Waals surface area contributed by atoms with Crippen molar-refractivity contribution in [1.82, 2.24) is 23.6 Å². The van der Waals surface area contributed by atoms with Crippen molar-refractivity contribution in [3.05, 3.63) is 52.5 Å². The lowest BCUT2D eigenvalue weighted by Gasteiger charge is -2.22. The van der Waals surface area contributed by atoms with Crippen molar-refractivity contribution in [2.24, 2.45) is 14.1 Å². The Labute approximate surface area is 139 Å². The summed E-state index contributed by atoms with van der Waals surface area (Å²) >= 11 is 0. The average Bonchev–Trinajstić information content (AvgIpc) is 2.95. The first-order chi connectivity index (χ1) is 11.4. The topological polar surface area (TPSA) is 85.3 Å². The van der Waals surface area contributed by atoms with Gasteiger partial charge in [-0.3, -0.25) is 18.8 Å². The summed E-state index contributed by atoms with van der Waals surface area (Å²) in [7, 11) is 2.99. The number of aromatic nitrogens is 4. The lowest BCUT2D eigenvalue weighted by molar-refractivity contribution is 0.109. The zero-order chi connectivity index (χ0) is 17.9. The summed E-state index contributed by atoms with van der Waals surface area (Å²) < 4.78 is 3.94. The van der Waals surface area contributed by atoms with E-state index in [-0.39, 0.29) is 6.54 Å². The van der Waals surface area contributed by atoms with E-state index in [1.54, 1.807) is 23.8 Å². The van der Waals surface area contributed by atoms with E-state index in [9.17, 15) is 14.7 Å². The lowest BCUT2D eigenvalue weighted by Crippen LogP contribution is -2.38. The number of aryl methyl sites for hydroxylation is 1. The van der Waals surface area contributed by atoms with Crippen molar-refractivity contribution in [1.29, 1.82) is 0 Å². The van der Waals surface area contributed by atoms with E-state index < -0.39 is 17.4 Å². The molecule has 0 saturated carbocycles. The highest BCUT2D eigenvalue weighted by Crippen LogP contribution is 2.07. The Balaban J connectivity index is 2.30. The molecule has 0 amide bonds. The molecule has 2 aromatic rings. The SMILES string of the molecule is C=CCN(CC=C)C[C@@H](O)Cn1cnc2c1c(=O)n(C)c(=O)n2C. The largest absolute Gasteiger partial charge is 0.390 e. The molecule has 2 rings (SSSR count). The Morgan fingerprint density at radius 1 is 1.25 bits per heavy atom. The third kappa shape index (κ3) is 3.39. The number of aliphatic hydroxyl groups excluding tert-OH is 1. The van der Waals surface area contributed by atoms with Gasteiger partial charge in [-0.15, -0.1) is 13.2 Å².